The molecule has 2 aromatic rings. The summed E-state index contributed by atoms with van der Waals surface area (Å²) in [4.78, 5) is 52.3. The van der Waals surface area contributed by atoms with Gasteiger partial charge < -0.3 is 30.9 Å². The van der Waals surface area contributed by atoms with Crippen LogP contribution in [0.4, 0.5) is 39.9 Å². The third-order valence-corrected chi connectivity index (χ3v) is 12.9. The van der Waals surface area contributed by atoms with Gasteiger partial charge in [0.2, 0.25) is 5.91 Å². The molecule has 2 bridgehead atoms. The van der Waals surface area contributed by atoms with E-state index in [1.54, 1.807) is 24.3 Å². The van der Waals surface area contributed by atoms with E-state index >= 15 is 8.78 Å². The second kappa shape index (κ2) is 19.9. The first-order valence-electron chi connectivity index (χ1n) is 19.8. The molecular weight excluding hydrogens is 965 g/mol. The molecule has 3 aliphatic carbocycles. The molecule has 63 heavy (non-hydrogen) atoms. The largest absolute Gasteiger partial charge is 0.469 e. The van der Waals surface area contributed by atoms with Crippen molar-refractivity contribution >= 4 is 52.0 Å². The van der Waals surface area contributed by atoms with Crippen LogP contribution in [0.25, 0.3) is 5.70 Å². The number of esters is 1. The zero-order valence-electron chi connectivity index (χ0n) is 35.4. The molecule has 3 fully saturated rings. The smallest absolute Gasteiger partial charge is 0.407 e. The van der Waals surface area contributed by atoms with Crippen LogP contribution in [0.15, 0.2) is 42.6 Å². The van der Waals surface area contributed by atoms with Gasteiger partial charge in [0.25, 0.3) is 0 Å². The van der Waals surface area contributed by atoms with E-state index in [0.717, 1.165) is 49.2 Å². The minimum atomic E-state index is -5.08. The zero-order valence-corrected chi connectivity index (χ0v) is 37.6. The Morgan fingerprint density at radius 3 is 1.95 bits per heavy atom. The third kappa shape index (κ3) is 12.3. The maximum absolute atomic E-state index is 15.9. The number of ether oxygens (including phenoxy) is 2. The third-order valence-electron chi connectivity index (χ3n) is 12.2. The number of nitrogens with two attached hydrogens (primary N) is 1. The minimum Gasteiger partial charge on any atom is -0.469 e. The first-order valence-corrected chi connectivity index (χ1v) is 20.9. The molecule has 0 unspecified atom stereocenters. The number of alkyl halides is 6. The van der Waals surface area contributed by atoms with Gasteiger partial charge in [-0.3, -0.25) is 19.8 Å². The van der Waals surface area contributed by atoms with Gasteiger partial charge in [0.15, 0.2) is 5.78 Å². The van der Waals surface area contributed by atoms with Crippen molar-refractivity contribution in [3.8, 4) is 0 Å². The molecule has 3 aliphatic rings. The second-order valence-corrected chi connectivity index (χ2v) is 18.7. The Morgan fingerprint density at radius 1 is 0.921 bits per heavy atom. The summed E-state index contributed by atoms with van der Waals surface area (Å²) in [6.45, 7) is 0.793. The van der Waals surface area contributed by atoms with E-state index in [9.17, 15) is 50.6 Å². The Kier molecular flexibility index (Phi) is 16.2. The lowest BCUT2D eigenvalue weighted by Gasteiger charge is -2.62. The van der Waals surface area contributed by atoms with Crippen LogP contribution in [-0.2, 0) is 36.8 Å². The Morgan fingerprint density at radius 2 is 1.48 bits per heavy atom. The van der Waals surface area contributed by atoms with Crippen molar-refractivity contribution in [1.29, 1.82) is 0 Å². The highest BCUT2D eigenvalue weighted by atomic mass is 127. The van der Waals surface area contributed by atoms with Gasteiger partial charge in [0, 0.05) is 45.9 Å². The number of methoxy groups -OCH3 is 2. The molecular formula is C42H52F8IN5O7. The average molecular weight is 1020 g/mol. The molecule has 5 rings (SSSR count). The summed E-state index contributed by atoms with van der Waals surface area (Å²) in [7, 11) is 1.76. The Bertz CT molecular complexity index is 1990. The molecule has 3 saturated carbocycles. The van der Waals surface area contributed by atoms with Crippen LogP contribution >= 0.6 is 22.6 Å². The van der Waals surface area contributed by atoms with E-state index in [1.165, 1.54) is 6.20 Å². The molecule has 12 nitrogen and oxygen atoms in total. The number of carbonyl (C=O) groups is 4. The molecule has 0 aromatic heterocycles. The monoisotopic (exact) mass is 1020 g/mol. The summed E-state index contributed by atoms with van der Waals surface area (Å²) in [6, 6.07) is 6.06. The van der Waals surface area contributed by atoms with Gasteiger partial charge in [-0.2, -0.15) is 26.3 Å². The van der Waals surface area contributed by atoms with E-state index in [4.69, 9.17) is 5.73 Å². The molecule has 0 spiro atoms. The molecule has 2 aromatic carbocycles. The van der Waals surface area contributed by atoms with Crippen molar-refractivity contribution < 1.29 is 68.9 Å². The molecule has 21 heteroatoms. The van der Waals surface area contributed by atoms with Crippen LogP contribution in [0.5, 0.6) is 0 Å². The van der Waals surface area contributed by atoms with Crippen molar-refractivity contribution in [3.05, 3.63) is 74.5 Å². The van der Waals surface area contributed by atoms with Crippen LogP contribution in [-0.4, -0.2) is 84.7 Å². The molecule has 0 radical (unpaired) electrons. The quantitative estimate of drug-likeness (QED) is 0.0400. The zero-order chi connectivity index (χ0) is 47.5. The first kappa shape index (κ1) is 51.4. The fourth-order valence-corrected chi connectivity index (χ4v) is 7.97. The number of aliphatic hydroxyl groups is 1. The SMILES string of the molecule is COC(=O)C[C@H](C(=O)NN(Cc1c(F)cc(/C(N)=C/NC23CC(C2)C3)cc1F)C[C@H](O)[C@@H](CC(=O)[C@@H](NC(=O)OC)C(C)(C)C(F)(F)F)Cc1ccc(I)cc1)C(C)(C)C(F)(F)F. The first-order chi connectivity index (χ1) is 29.0. The number of benzene rings is 2. The maximum Gasteiger partial charge on any atom is 0.407 e. The van der Waals surface area contributed by atoms with E-state index < -0.39 is 114 Å². The highest BCUT2D eigenvalue weighted by Crippen LogP contribution is 2.57. The Hall–Kier alpha value is -4.25. The molecule has 2 amide bonds. The number of ketones is 1. The van der Waals surface area contributed by atoms with Gasteiger partial charge >= 0.3 is 24.4 Å². The number of hydrazine groups is 1. The number of carbonyl (C=O) groups excluding carboxylic acids is 4. The number of rotatable bonds is 20. The highest BCUT2D eigenvalue weighted by Gasteiger charge is 2.57. The topological polar surface area (TPSA) is 172 Å². The summed E-state index contributed by atoms with van der Waals surface area (Å²) >= 11 is 2.01. The Labute approximate surface area is 373 Å². The lowest BCUT2D eigenvalue weighted by Crippen LogP contribution is -2.65. The van der Waals surface area contributed by atoms with E-state index in [-0.39, 0.29) is 23.2 Å². The predicted molar refractivity (Wildman–Crippen MR) is 221 cm³/mol. The molecule has 350 valence electrons. The Balaban J connectivity index is 1.75. The number of amides is 2. The highest BCUT2D eigenvalue weighted by molar-refractivity contribution is 14.1. The number of nitrogens with one attached hydrogen (secondary N) is 3. The summed E-state index contributed by atoms with van der Waals surface area (Å²) < 4.78 is 128. The number of hydrogen-bond acceptors (Lipinski definition) is 10. The standard InChI is InChI=1S/C42H52F8IN5O7/c1-38(2,41(45,46)47)28(15-34(59)62-5)36(60)55-56(20-27-29(43)12-24(13-30(27)44)31(52)19-53-40-16-23(17-40)18-40)21-33(58)25(11-22-7-9-26(51)10-8-22)14-32(57)35(54-37(61)63-6)39(3,4)42(48,49)50/h7-10,12-13,19,23,25,28,33,35,53,58H,11,14-18,20-21,52H2,1-6H3,(H,54,61)(H,55,60)/b31-19-/t23?,25-,28-,33+,35-,40?/m1/s1. The normalized spacial score (nSPS) is 19.8. The maximum atomic E-state index is 15.9. The van der Waals surface area contributed by atoms with Gasteiger partial charge in [-0.15, -0.1) is 0 Å². The lowest BCUT2D eigenvalue weighted by atomic mass is 9.50. The number of halogens is 9. The molecule has 0 saturated heterocycles. The number of alkyl carbamates (subject to hydrolysis) is 1. The average Bonchev–Trinajstić information content (AvgIpc) is 3.14. The summed E-state index contributed by atoms with van der Waals surface area (Å²) in [5.74, 6) is -9.25. The predicted octanol–water partition coefficient (Wildman–Crippen LogP) is 7.06. The second-order valence-electron chi connectivity index (χ2n) is 17.4. The summed E-state index contributed by atoms with van der Waals surface area (Å²) in [5.41, 5.74) is 2.04. The van der Waals surface area contributed by atoms with Crippen LogP contribution in [0.1, 0.15) is 76.5 Å². The number of nitrogens with zero attached hydrogens (tertiary/aromatic N) is 1. The van der Waals surface area contributed by atoms with Crippen LogP contribution in [0.3, 0.4) is 0 Å². The van der Waals surface area contributed by atoms with Crippen molar-refractivity contribution in [1.82, 2.24) is 21.1 Å². The van der Waals surface area contributed by atoms with E-state index in [1.807, 2.05) is 27.9 Å². The van der Waals surface area contributed by atoms with E-state index in [2.05, 4.69) is 20.2 Å². The van der Waals surface area contributed by atoms with Crippen LogP contribution in [0, 0.1) is 43.8 Å². The molecule has 6 N–H and O–H groups in total. The summed E-state index contributed by atoms with van der Waals surface area (Å²) in [6.07, 6.45) is -11.3. The van der Waals surface area contributed by atoms with Gasteiger partial charge in [0.1, 0.15) is 17.7 Å². The van der Waals surface area contributed by atoms with Gasteiger partial charge in [-0.05, 0) is 104 Å². The number of Topliss-reactive ketones (excluding diaryl/α,β-unsaturated/α-hetero) is 1. The number of hydrogen-bond donors (Lipinski definition) is 5. The van der Waals surface area contributed by atoms with Gasteiger partial charge in [0.05, 0.1) is 49.2 Å². The van der Waals surface area contributed by atoms with Gasteiger partial charge in [-0.1, -0.05) is 26.0 Å². The fourth-order valence-electron chi connectivity index (χ4n) is 7.61. The lowest BCUT2D eigenvalue weighted by molar-refractivity contribution is -0.231. The fraction of sp³-hybridized carbons (Fsp3) is 0.571. The molecule has 0 aliphatic heterocycles. The molecule has 4 atom stereocenters. The minimum absolute atomic E-state index is 0.0125. The summed E-state index contributed by atoms with van der Waals surface area (Å²) in [5, 5.41) is 17.7. The van der Waals surface area contributed by atoms with Crippen molar-refractivity contribution in [2.24, 2.45) is 34.3 Å². The van der Waals surface area contributed by atoms with Gasteiger partial charge in [-0.25, -0.2) is 18.6 Å². The van der Waals surface area contributed by atoms with Crippen LogP contribution in [0.2, 0.25) is 0 Å². The van der Waals surface area contributed by atoms with E-state index in [0.29, 0.717) is 44.2 Å². The van der Waals surface area contributed by atoms with Crippen molar-refractivity contribution in [2.75, 3.05) is 20.8 Å². The van der Waals surface area contributed by atoms with Crippen molar-refractivity contribution in [3.63, 3.8) is 0 Å². The molecule has 0 heterocycles. The van der Waals surface area contributed by atoms with Crippen LogP contribution < -0.4 is 21.8 Å². The van der Waals surface area contributed by atoms with Crippen molar-refractivity contribution in [2.45, 2.75) is 103 Å². The number of aliphatic hydroxyl groups excluding tert-OH is 1.